The predicted molar refractivity (Wildman–Crippen MR) is 68.0 cm³/mol. The average molecular weight is 264 g/mol. The molecular weight excluding hydrogens is 248 g/mol. The van der Waals surface area contributed by atoms with E-state index in [0.29, 0.717) is 0 Å². The van der Waals surface area contributed by atoms with Crippen LogP contribution in [-0.2, 0) is 4.74 Å². The Kier molecular flexibility index (Phi) is 4.00. The fourth-order valence-corrected chi connectivity index (χ4v) is 1.56. The van der Waals surface area contributed by atoms with Crippen LogP contribution < -0.4 is 5.32 Å². The minimum absolute atomic E-state index is 0.0101. The third-order valence-corrected chi connectivity index (χ3v) is 2.16. The van der Waals surface area contributed by atoms with Crippen molar-refractivity contribution in [2.75, 3.05) is 5.32 Å². The van der Waals surface area contributed by atoms with Crippen LogP contribution in [0.5, 0.6) is 0 Å². The van der Waals surface area contributed by atoms with E-state index in [1.807, 2.05) is 6.07 Å². The highest BCUT2D eigenvalue weighted by Crippen LogP contribution is 2.27. The first-order chi connectivity index (χ1) is 8.65. The molecule has 1 heterocycles. The molecule has 0 saturated carbocycles. The Balaban J connectivity index is 3.04. The number of anilines is 1. The summed E-state index contributed by atoms with van der Waals surface area (Å²) in [6, 6.07) is 1.85. The fraction of sp³-hybridized carbons (Fsp3) is 0.462. The van der Waals surface area contributed by atoms with Crippen molar-refractivity contribution in [1.82, 2.24) is 0 Å². The van der Waals surface area contributed by atoms with Gasteiger partial charge in [-0.05, 0) is 34.6 Å². The zero-order chi connectivity index (χ0) is 14.8. The van der Waals surface area contributed by atoms with E-state index in [2.05, 4.69) is 5.32 Å². The summed E-state index contributed by atoms with van der Waals surface area (Å²) in [6.07, 6.45) is -0.743. The van der Waals surface area contributed by atoms with Crippen molar-refractivity contribution in [3.05, 3.63) is 16.9 Å². The van der Waals surface area contributed by atoms with Crippen LogP contribution in [0.4, 0.5) is 10.7 Å². The number of aryl methyl sites for hydroxylation is 1. The maximum Gasteiger partial charge on any atom is 0.414 e. The van der Waals surface area contributed by atoms with E-state index < -0.39 is 11.7 Å². The lowest BCUT2D eigenvalue weighted by atomic mass is 10.1. The van der Waals surface area contributed by atoms with Crippen molar-refractivity contribution in [2.24, 2.45) is 0 Å². The molecule has 1 N–H and O–H groups in total. The third kappa shape index (κ3) is 3.58. The second kappa shape index (κ2) is 5.14. The number of hydrogen-bond donors (Lipinski definition) is 1. The maximum absolute atomic E-state index is 11.6. The van der Waals surface area contributed by atoms with Crippen LogP contribution in [0.1, 0.15) is 49.4 Å². The molecule has 1 aromatic heterocycles. The van der Waals surface area contributed by atoms with Crippen molar-refractivity contribution in [1.29, 1.82) is 5.26 Å². The molecule has 1 rings (SSSR count). The van der Waals surface area contributed by atoms with Crippen molar-refractivity contribution in [2.45, 2.75) is 40.2 Å². The fourth-order valence-electron chi connectivity index (χ4n) is 1.56. The van der Waals surface area contributed by atoms with Crippen LogP contribution in [0.2, 0.25) is 0 Å². The number of amides is 1. The molecule has 0 aliphatic rings. The summed E-state index contributed by atoms with van der Waals surface area (Å²) in [4.78, 5) is 23.0. The first kappa shape index (κ1) is 14.8. The predicted octanol–water partition coefficient (Wildman–Crippen LogP) is 3.01. The largest absolute Gasteiger partial charge is 0.444 e. The Morgan fingerprint density at radius 3 is 2.37 bits per heavy atom. The van der Waals surface area contributed by atoms with Gasteiger partial charge in [-0.25, -0.2) is 4.79 Å². The molecule has 19 heavy (non-hydrogen) atoms. The van der Waals surface area contributed by atoms with E-state index in [0.717, 1.165) is 0 Å². The molecule has 6 heteroatoms. The van der Waals surface area contributed by atoms with Crippen LogP contribution in [0.25, 0.3) is 0 Å². The van der Waals surface area contributed by atoms with Crippen molar-refractivity contribution in [3.8, 4) is 6.07 Å². The van der Waals surface area contributed by atoms with Gasteiger partial charge in [-0.15, -0.1) is 0 Å². The number of nitriles is 1. The van der Waals surface area contributed by atoms with Gasteiger partial charge in [0, 0.05) is 0 Å². The monoisotopic (exact) mass is 264 g/mol. The molecule has 0 aliphatic heterocycles. The van der Waals surface area contributed by atoms with Gasteiger partial charge in [-0.2, -0.15) is 5.26 Å². The Morgan fingerprint density at radius 1 is 1.37 bits per heavy atom. The molecule has 1 aromatic rings. The van der Waals surface area contributed by atoms with Gasteiger partial charge < -0.3 is 9.15 Å². The highest BCUT2D eigenvalue weighted by atomic mass is 16.6. The number of furan rings is 1. The summed E-state index contributed by atoms with van der Waals surface area (Å²) in [5.41, 5.74) is -0.480. The second-order valence-electron chi connectivity index (χ2n) is 5.03. The van der Waals surface area contributed by atoms with Crippen LogP contribution in [0, 0.1) is 18.3 Å². The molecular formula is C13H16N2O4. The molecule has 6 nitrogen and oxygen atoms in total. The molecule has 0 fully saturated rings. The molecule has 0 bridgehead atoms. The molecule has 1 amide bonds. The van der Waals surface area contributed by atoms with Crippen LogP contribution in [-0.4, -0.2) is 17.5 Å². The van der Waals surface area contributed by atoms with Gasteiger partial charge in [0.1, 0.15) is 23.0 Å². The lowest BCUT2D eigenvalue weighted by Crippen LogP contribution is -2.27. The number of carbonyl (C=O) groups excluding carboxylic acids is 2. The first-order valence-electron chi connectivity index (χ1n) is 5.70. The minimum atomic E-state index is -0.743. The normalized spacial score (nSPS) is 10.7. The Hall–Kier alpha value is -2.29. The number of ketones is 1. The number of nitrogens with zero attached hydrogens (tertiary/aromatic N) is 1. The highest BCUT2D eigenvalue weighted by molar-refractivity contribution is 6.00. The van der Waals surface area contributed by atoms with Gasteiger partial charge in [-0.3, -0.25) is 10.1 Å². The van der Waals surface area contributed by atoms with Gasteiger partial charge in [0.2, 0.25) is 5.88 Å². The van der Waals surface area contributed by atoms with Crippen molar-refractivity contribution >= 4 is 17.8 Å². The van der Waals surface area contributed by atoms with E-state index in [1.165, 1.54) is 6.92 Å². The summed E-state index contributed by atoms with van der Waals surface area (Å²) >= 11 is 0. The minimum Gasteiger partial charge on any atom is -0.444 e. The molecule has 102 valence electrons. The lowest BCUT2D eigenvalue weighted by Gasteiger charge is -2.19. The van der Waals surface area contributed by atoms with Crippen molar-refractivity contribution in [3.63, 3.8) is 0 Å². The molecule has 0 unspecified atom stereocenters. The summed E-state index contributed by atoms with van der Waals surface area (Å²) in [7, 11) is 0. The van der Waals surface area contributed by atoms with Gasteiger partial charge in [0.25, 0.3) is 0 Å². The quantitative estimate of drug-likeness (QED) is 0.829. The highest BCUT2D eigenvalue weighted by Gasteiger charge is 2.24. The van der Waals surface area contributed by atoms with E-state index in [-0.39, 0.29) is 28.6 Å². The molecule has 0 atom stereocenters. The first-order valence-corrected chi connectivity index (χ1v) is 5.70. The van der Waals surface area contributed by atoms with E-state index in [1.54, 1.807) is 27.7 Å². The Labute approximate surface area is 111 Å². The van der Waals surface area contributed by atoms with E-state index in [4.69, 9.17) is 14.4 Å². The Bertz CT molecular complexity index is 558. The molecule has 0 spiro atoms. The molecule has 0 aliphatic carbocycles. The molecule has 0 aromatic carbocycles. The summed E-state index contributed by atoms with van der Waals surface area (Å²) < 4.78 is 10.3. The lowest BCUT2D eigenvalue weighted by molar-refractivity contribution is 0.0632. The topological polar surface area (TPSA) is 92.3 Å². The van der Waals surface area contributed by atoms with Gasteiger partial charge in [-0.1, -0.05) is 0 Å². The summed E-state index contributed by atoms with van der Waals surface area (Å²) in [5.74, 6) is -0.0791. The third-order valence-electron chi connectivity index (χ3n) is 2.16. The number of rotatable bonds is 2. The molecule has 0 radical (unpaired) electrons. The second-order valence-corrected chi connectivity index (χ2v) is 5.03. The zero-order valence-electron chi connectivity index (χ0n) is 11.6. The number of hydrogen-bond acceptors (Lipinski definition) is 5. The van der Waals surface area contributed by atoms with Gasteiger partial charge in [0.15, 0.2) is 5.78 Å². The van der Waals surface area contributed by atoms with Crippen LogP contribution >= 0.6 is 0 Å². The smallest absolute Gasteiger partial charge is 0.414 e. The number of Topliss-reactive ketones (excluding diaryl/α,β-unsaturated/α-hetero) is 1. The SMILES string of the molecule is CC(=O)c1c(C)oc(NC(=O)OC(C)(C)C)c1C#N. The van der Waals surface area contributed by atoms with Gasteiger partial charge >= 0.3 is 6.09 Å². The van der Waals surface area contributed by atoms with E-state index in [9.17, 15) is 9.59 Å². The maximum atomic E-state index is 11.6. The standard InChI is InChI=1S/C13H16N2O4/c1-7(16)10-8(2)18-11(9(10)6-14)15-12(17)19-13(3,4)5/h1-5H3,(H,15,17). The number of ether oxygens (including phenoxy) is 1. The molecule has 0 saturated heterocycles. The number of nitrogens with one attached hydrogen (secondary N) is 1. The Morgan fingerprint density at radius 2 is 1.95 bits per heavy atom. The van der Waals surface area contributed by atoms with Crippen LogP contribution in [0.15, 0.2) is 4.42 Å². The average Bonchev–Trinajstić information content (AvgIpc) is 2.50. The zero-order valence-corrected chi connectivity index (χ0v) is 11.6. The van der Waals surface area contributed by atoms with E-state index >= 15 is 0 Å². The number of carbonyl (C=O) groups is 2. The van der Waals surface area contributed by atoms with Crippen LogP contribution in [0.3, 0.4) is 0 Å². The van der Waals surface area contributed by atoms with Crippen molar-refractivity contribution < 1.29 is 18.7 Å². The van der Waals surface area contributed by atoms with Gasteiger partial charge in [0.05, 0.1) is 5.56 Å². The summed E-state index contributed by atoms with van der Waals surface area (Å²) in [5, 5.41) is 11.4. The summed E-state index contributed by atoms with van der Waals surface area (Å²) in [6.45, 7) is 8.03.